The number of terminal acetylenes is 1. The number of carbonyl (C=O) groups excluding carboxylic acids is 1. The monoisotopic (exact) mass is 155 g/mol. The Morgan fingerprint density at radius 1 is 1.82 bits per heavy atom. The van der Waals surface area contributed by atoms with Gasteiger partial charge < -0.3 is 4.74 Å². The third-order valence-corrected chi connectivity index (χ3v) is 1.24. The highest BCUT2D eigenvalue weighted by Gasteiger charge is 2.19. The van der Waals surface area contributed by atoms with Crippen molar-refractivity contribution >= 4 is 6.09 Å². The topological polar surface area (TPSA) is 38.8 Å². The Morgan fingerprint density at radius 3 is 3.18 bits per heavy atom. The van der Waals surface area contributed by atoms with E-state index in [1.54, 1.807) is 0 Å². The Balaban J connectivity index is 2.24. The molecule has 0 aromatic heterocycles. The minimum Gasteiger partial charge on any atom is -0.435 e. The Labute approximate surface area is 65.0 Å². The second kappa shape index (κ2) is 3.84. The fourth-order valence-corrected chi connectivity index (χ4v) is 0.767. The molecule has 0 unspecified atom stereocenters. The summed E-state index contributed by atoms with van der Waals surface area (Å²) < 4.78 is 4.60. The highest BCUT2D eigenvalue weighted by atomic mass is 16.7. The molecule has 1 rings (SSSR count). The van der Waals surface area contributed by atoms with E-state index in [1.807, 2.05) is 0 Å². The molecule has 1 saturated heterocycles. The van der Waals surface area contributed by atoms with E-state index in [4.69, 9.17) is 11.3 Å². The van der Waals surface area contributed by atoms with Crippen LogP contribution in [-0.4, -0.2) is 30.9 Å². The summed E-state index contributed by atoms with van der Waals surface area (Å²) in [6.07, 6.45) is 5.24. The molecule has 0 aliphatic carbocycles. The smallest absolute Gasteiger partial charge is 0.434 e. The number of ether oxygens (including phenoxy) is 1. The Hall–Kier alpha value is -1.21. The number of carbonyl (C=O) groups is 1. The lowest BCUT2D eigenvalue weighted by atomic mass is 10.5. The zero-order valence-electron chi connectivity index (χ0n) is 6.08. The SMILES string of the molecule is C#CCOC(=O)N1CCCO1. The molecule has 1 amide bonds. The van der Waals surface area contributed by atoms with Crippen molar-refractivity contribution in [3.8, 4) is 12.3 Å². The predicted molar refractivity (Wildman–Crippen MR) is 37.5 cm³/mol. The van der Waals surface area contributed by atoms with Crippen molar-refractivity contribution in [3.63, 3.8) is 0 Å². The molecule has 4 heteroatoms. The van der Waals surface area contributed by atoms with Crippen molar-refractivity contribution in [2.24, 2.45) is 0 Å². The second-order valence-corrected chi connectivity index (χ2v) is 2.05. The van der Waals surface area contributed by atoms with Crippen molar-refractivity contribution in [3.05, 3.63) is 0 Å². The zero-order chi connectivity index (χ0) is 8.10. The maximum Gasteiger partial charge on any atom is 0.434 e. The van der Waals surface area contributed by atoms with E-state index in [0.29, 0.717) is 13.2 Å². The van der Waals surface area contributed by atoms with E-state index in [2.05, 4.69) is 10.7 Å². The first kappa shape index (κ1) is 7.89. The Kier molecular flexibility index (Phi) is 2.75. The molecule has 0 spiro atoms. The lowest BCUT2D eigenvalue weighted by Gasteiger charge is -2.11. The number of nitrogens with zero attached hydrogens (tertiary/aromatic N) is 1. The molecule has 1 aliphatic rings. The molecular weight excluding hydrogens is 146 g/mol. The molecule has 1 heterocycles. The van der Waals surface area contributed by atoms with Gasteiger partial charge in [0, 0.05) is 0 Å². The van der Waals surface area contributed by atoms with Crippen LogP contribution in [0.15, 0.2) is 0 Å². The average Bonchev–Trinajstić information content (AvgIpc) is 2.52. The van der Waals surface area contributed by atoms with Crippen LogP contribution in [0.3, 0.4) is 0 Å². The Morgan fingerprint density at radius 2 is 2.64 bits per heavy atom. The maximum absolute atomic E-state index is 10.9. The lowest BCUT2D eigenvalue weighted by Crippen LogP contribution is -2.27. The van der Waals surface area contributed by atoms with Gasteiger partial charge in [0.15, 0.2) is 6.61 Å². The maximum atomic E-state index is 10.9. The van der Waals surface area contributed by atoms with E-state index >= 15 is 0 Å². The summed E-state index contributed by atoms with van der Waals surface area (Å²) in [7, 11) is 0. The summed E-state index contributed by atoms with van der Waals surface area (Å²) in [6, 6.07) is 0. The predicted octanol–water partition coefficient (Wildman–Crippen LogP) is 0.394. The van der Waals surface area contributed by atoms with Crippen LogP contribution < -0.4 is 0 Å². The summed E-state index contributed by atoms with van der Waals surface area (Å²) in [5.41, 5.74) is 0. The quantitative estimate of drug-likeness (QED) is 0.514. The van der Waals surface area contributed by atoms with Crippen molar-refractivity contribution < 1.29 is 14.4 Å². The van der Waals surface area contributed by atoms with Gasteiger partial charge in [0.2, 0.25) is 0 Å². The van der Waals surface area contributed by atoms with Crippen LogP contribution in [0.25, 0.3) is 0 Å². The van der Waals surface area contributed by atoms with Crippen molar-refractivity contribution in [1.29, 1.82) is 0 Å². The molecule has 4 nitrogen and oxygen atoms in total. The molecular formula is C7H9NO3. The van der Waals surface area contributed by atoms with Gasteiger partial charge in [-0.1, -0.05) is 5.92 Å². The van der Waals surface area contributed by atoms with Crippen molar-refractivity contribution in [2.75, 3.05) is 19.8 Å². The number of amides is 1. The van der Waals surface area contributed by atoms with Gasteiger partial charge in [-0.2, -0.15) is 5.06 Å². The minimum absolute atomic E-state index is 0.00130. The zero-order valence-corrected chi connectivity index (χ0v) is 6.08. The molecule has 0 radical (unpaired) electrons. The van der Waals surface area contributed by atoms with Crippen LogP contribution >= 0.6 is 0 Å². The molecule has 0 N–H and O–H groups in total. The molecule has 0 bridgehead atoms. The van der Waals surface area contributed by atoms with Gasteiger partial charge in [-0.15, -0.1) is 6.42 Å². The van der Waals surface area contributed by atoms with Crippen LogP contribution in [0.5, 0.6) is 0 Å². The van der Waals surface area contributed by atoms with Crippen LogP contribution in [0.4, 0.5) is 4.79 Å². The third-order valence-electron chi connectivity index (χ3n) is 1.24. The average molecular weight is 155 g/mol. The fourth-order valence-electron chi connectivity index (χ4n) is 0.767. The van der Waals surface area contributed by atoms with Gasteiger partial charge in [0.1, 0.15) is 0 Å². The van der Waals surface area contributed by atoms with E-state index < -0.39 is 6.09 Å². The van der Waals surface area contributed by atoms with E-state index in [9.17, 15) is 4.79 Å². The highest BCUT2D eigenvalue weighted by Crippen LogP contribution is 2.05. The number of hydroxylamine groups is 2. The Bertz CT molecular complexity index is 179. The number of hydrogen-bond acceptors (Lipinski definition) is 3. The van der Waals surface area contributed by atoms with Crippen molar-refractivity contribution in [1.82, 2.24) is 5.06 Å². The van der Waals surface area contributed by atoms with E-state index in [-0.39, 0.29) is 6.61 Å². The standard InChI is InChI=1S/C7H9NO3/c1-2-5-10-7(9)8-4-3-6-11-8/h1H,3-6H2. The van der Waals surface area contributed by atoms with Gasteiger partial charge in [0.05, 0.1) is 13.2 Å². The van der Waals surface area contributed by atoms with Crippen LogP contribution in [0.2, 0.25) is 0 Å². The molecule has 60 valence electrons. The van der Waals surface area contributed by atoms with Crippen LogP contribution in [0, 0.1) is 12.3 Å². The van der Waals surface area contributed by atoms with Gasteiger partial charge in [-0.05, 0) is 6.42 Å². The van der Waals surface area contributed by atoms with Gasteiger partial charge in [-0.3, -0.25) is 4.84 Å². The molecule has 0 atom stereocenters. The molecule has 0 saturated carbocycles. The first-order valence-electron chi connectivity index (χ1n) is 3.35. The lowest BCUT2D eigenvalue weighted by molar-refractivity contribution is -0.0892. The van der Waals surface area contributed by atoms with E-state index in [0.717, 1.165) is 6.42 Å². The molecule has 0 aromatic rings. The second-order valence-electron chi connectivity index (χ2n) is 2.05. The summed E-state index contributed by atoms with van der Waals surface area (Å²) in [5.74, 6) is 2.20. The number of rotatable bonds is 1. The highest BCUT2D eigenvalue weighted by molar-refractivity contribution is 5.66. The van der Waals surface area contributed by atoms with Crippen LogP contribution in [-0.2, 0) is 9.57 Å². The molecule has 0 aromatic carbocycles. The van der Waals surface area contributed by atoms with Crippen molar-refractivity contribution in [2.45, 2.75) is 6.42 Å². The van der Waals surface area contributed by atoms with Gasteiger partial charge in [0.25, 0.3) is 0 Å². The molecule has 1 fully saturated rings. The fraction of sp³-hybridized carbons (Fsp3) is 0.571. The van der Waals surface area contributed by atoms with Gasteiger partial charge in [-0.25, -0.2) is 4.79 Å². The summed E-state index contributed by atoms with van der Waals surface area (Å²) in [4.78, 5) is 15.8. The first-order valence-corrected chi connectivity index (χ1v) is 3.35. The third kappa shape index (κ3) is 2.13. The number of hydrogen-bond donors (Lipinski definition) is 0. The van der Waals surface area contributed by atoms with E-state index in [1.165, 1.54) is 5.06 Å². The molecule has 1 aliphatic heterocycles. The van der Waals surface area contributed by atoms with Gasteiger partial charge >= 0.3 is 6.09 Å². The normalized spacial score (nSPS) is 16.1. The summed E-state index contributed by atoms with van der Waals surface area (Å²) >= 11 is 0. The first-order chi connectivity index (χ1) is 5.34. The molecule has 11 heavy (non-hydrogen) atoms. The summed E-state index contributed by atoms with van der Waals surface area (Å²) in [6.45, 7) is 1.16. The largest absolute Gasteiger partial charge is 0.435 e. The minimum atomic E-state index is -0.500. The van der Waals surface area contributed by atoms with Crippen LogP contribution in [0.1, 0.15) is 6.42 Å². The summed E-state index contributed by atoms with van der Waals surface area (Å²) in [5, 5.41) is 1.18.